The van der Waals surface area contributed by atoms with Gasteiger partial charge in [-0.2, -0.15) is 5.10 Å². The highest BCUT2D eigenvalue weighted by Crippen LogP contribution is 2.40. The first-order valence-electron chi connectivity index (χ1n) is 7.21. The van der Waals surface area contributed by atoms with Crippen LogP contribution >= 0.6 is 11.8 Å². The molecule has 22 heavy (non-hydrogen) atoms. The molecule has 0 bridgehead atoms. The Bertz CT molecular complexity index is 682. The van der Waals surface area contributed by atoms with Gasteiger partial charge >= 0.3 is 5.97 Å². The van der Waals surface area contributed by atoms with Gasteiger partial charge in [0, 0.05) is 11.8 Å². The Morgan fingerprint density at radius 2 is 1.77 bits per heavy atom. The molecular formula is C17H22N2O2S. The topological polar surface area (TPSA) is 44.1 Å². The van der Waals surface area contributed by atoms with Crippen LogP contribution in [0.4, 0.5) is 0 Å². The molecule has 0 amide bonds. The molecule has 0 N–H and O–H groups in total. The van der Waals surface area contributed by atoms with E-state index in [-0.39, 0.29) is 11.5 Å². The number of aryl methyl sites for hydroxylation is 2. The smallest absolute Gasteiger partial charge is 0.309 e. The van der Waals surface area contributed by atoms with Crippen molar-refractivity contribution in [2.24, 2.45) is 0 Å². The predicted octanol–water partition coefficient (Wildman–Crippen LogP) is 4.33. The summed E-state index contributed by atoms with van der Waals surface area (Å²) < 4.78 is 7.24. The van der Waals surface area contributed by atoms with Crippen LogP contribution in [-0.4, -0.2) is 15.7 Å². The fraction of sp³-hybridized carbons (Fsp3) is 0.412. The molecule has 0 saturated carbocycles. The molecule has 5 heteroatoms. The van der Waals surface area contributed by atoms with E-state index in [1.165, 1.54) is 12.5 Å². The summed E-state index contributed by atoms with van der Waals surface area (Å²) in [5, 5.41) is 4.57. The van der Waals surface area contributed by atoms with Gasteiger partial charge in [0.1, 0.15) is 0 Å². The van der Waals surface area contributed by atoms with Crippen molar-refractivity contribution in [2.75, 3.05) is 0 Å². The number of benzene rings is 1. The highest BCUT2D eigenvalue weighted by atomic mass is 32.2. The van der Waals surface area contributed by atoms with Crippen LogP contribution in [0.3, 0.4) is 0 Å². The number of rotatable bonds is 3. The Labute approximate surface area is 135 Å². The van der Waals surface area contributed by atoms with E-state index in [2.05, 4.69) is 36.3 Å². The van der Waals surface area contributed by atoms with Crippen LogP contribution < -0.4 is 4.74 Å². The van der Waals surface area contributed by atoms with Crippen molar-refractivity contribution in [3.63, 3.8) is 0 Å². The molecule has 2 aromatic rings. The van der Waals surface area contributed by atoms with Gasteiger partial charge in [-0.05, 0) is 46.8 Å². The van der Waals surface area contributed by atoms with E-state index in [0.29, 0.717) is 5.88 Å². The lowest BCUT2D eigenvalue weighted by Crippen LogP contribution is -2.25. The Morgan fingerprint density at radius 1 is 1.18 bits per heavy atom. The second-order valence-corrected chi connectivity index (χ2v) is 7.39. The van der Waals surface area contributed by atoms with Crippen molar-refractivity contribution in [1.82, 2.24) is 9.78 Å². The third kappa shape index (κ3) is 3.71. The monoisotopic (exact) mass is 318 g/mol. The summed E-state index contributed by atoms with van der Waals surface area (Å²) in [6, 6.07) is 8.26. The fourth-order valence-corrected chi connectivity index (χ4v) is 2.93. The van der Waals surface area contributed by atoms with Gasteiger partial charge < -0.3 is 4.74 Å². The van der Waals surface area contributed by atoms with Crippen molar-refractivity contribution < 1.29 is 9.53 Å². The molecule has 0 aliphatic rings. The minimum atomic E-state index is -0.337. The highest BCUT2D eigenvalue weighted by molar-refractivity contribution is 7.99. The van der Waals surface area contributed by atoms with Crippen LogP contribution in [0.15, 0.2) is 34.1 Å². The lowest BCUT2D eigenvalue weighted by Gasteiger charge is -2.21. The van der Waals surface area contributed by atoms with Gasteiger partial charge in [0.15, 0.2) is 0 Å². The maximum atomic E-state index is 11.5. The SMILES string of the molecule is CC(=O)Oc1c(Sc2ccc(C)cc2)c(C)nn1C(C)(C)C. The number of esters is 1. The van der Waals surface area contributed by atoms with E-state index in [4.69, 9.17) is 4.74 Å². The normalized spacial score (nSPS) is 11.5. The molecule has 1 aromatic heterocycles. The Kier molecular flexibility index (Phi) is 4.66. The molecule has 1 heterocycles. The van der Waals surface area contributed by atoms with E-state index in [1.54, 1.807) is 16.4 Å². The largest absolute Gasteiger partial charge is 0.407 e. The Balaban J connectivity index is 2.47. The maximum absolute atomic E-state index is 11.5. The number of hydrogen-bond acceptors (Lipinski definition) is 4. The quantitative estimate of drug-likeness (QED) is 0.790. The van der Waals surface area contributed by atoms with Crippen molar-refractivity contribution >= 4 is 17.7 Å². The minimum Gasteiger partial charge on any atom is -0.407 e. The number of nitrogens with zero attached hydrogens (tertiary/aromatic N) is 2. The number of carbonyl (C=O) groups is 1. The zero-order valence-electron chi connectivity index (χ0n) is 13.9. The molecule has 0 aliphatic heterocycles. The molecule has 118 valence electrons. The standard InChI is InChI=1S/C17H22N2O2S/c1-11-7-9-14(10-8-11)22-15-12(2)18-19(17(4,5)6)16(15)21-13(3)20/h7-10H,1-6H3. The molecule has 4 nitrogen and oxygen atoms in total. The van der Waals surface area contributed by atoms with E-state index in [1.807, 2.05) is 27.7 Å². The van der Waals surface area contributed by atoms with Crippen molar-refractivity contribution in [3.05, 3.63) is 35.5 Å². The Morgan fingerprint density at radius 3 is 2.27 bits per heavy atom. The van der Waals surface area contributed by atoms with E-state index in [9.17, 15) is 4.79 Å². The molecule has 0 fully saturated rings. The second kappa shape index (κ2) is 6.16. The first kappa shape index (κ1) is 16.6. The third-order valence-corrected chi connectivity index (χ3v) is 4.26. The minimum absolute atomic E-state index is 0.262. The van der Waals surface area contributed by atoms with Gasteiger partial charge in [0.05, 0.1) is 16.1 Å². The van der Waals surface area contributed by atoms with Crippen LogP contribution in [0.1, 0.15) is 39.0 Å². The summed E-state index contributed by atoms with van der Waals surface area (Å²) in [7, 11) is 0. The van der Waals surface area contributed by atoms with E-state index in [0.717, 1.165) is 15.5 Å². The molecule has 1 aromatic carbocycles. The van der Waals surface area contributed by atoms with Gasteiger partial charge in [-0.1, -0.05) is 29.5 Å². The van der Waals surface area contributed by atoms with Gasteiger partial charge in [-0.25, -0.2) is 4.68 Å². The average molecular weight is 318 g/mol. The third-order valence-electron chi connectivity index (χ3n) is 3.08. The van der Waals surface area contributed by atoms with E-state index >= 15 is 0 Å². The summed E-state index contributed by atoms with van der Waals surface area (Å²) in [6.07, 6.45) is 0. The first-order valence-corrected chi connectivity index (χ1v) is 8.03. The first-order chi connectivity index (χ1) is 10.2. The molecule has 0 spiro atoms. The van der Waals surface area contributed by atoms with Crippen molar-refractivity contribution in [3.8, 4) is 5.88 Å². The number of aromatic nitrogens is 2. The fourth-order valence-electron chi connectivity index (χ4n) is 2.01. The van der Waals surface area contributed by atoms with Gasteiger partial charge in [-0.3, -0.25) is 4.79 Å². The van der Waals surface area contributed by atoms with Crippen LogP contribution in [0, 0.1) is 13.8 Å². The van der Waals surface area contributed by atoms with Gasteiger partial charge in [-0.15, -0.1) is 0 Å². The lowest BCUT2D eigenvalue weighted by molar-refractivity contribution is -0.132. The molecule has 0 radical (unpaired) electrons. The zero-order chi connectivity index (χ0) is 16.5. The maximum Gasteiger partial charge on any atom is 0.309 e. The van der Waals surface area contributed by atoms with Crippen LogP contribution in [-0.2, 0) is 10.3 Å². The summed E-state index contributed by atoms with van der Waals surface area (Å²) >= 11 is 1.57. The molecule has 2 rings (SSSR count). The summed E-state index contributed by atoms with van der Waals surface area (Å²) in [4.78, 5) is 13.5. The van der Waals surface area contributed by atoms with Gasteiger partial charge in [0.25, 0.3) is 0 Å². The van der Waals surface area contributed by atoms with Crippen LogP contribution in [0.2, 0.25) is 0 Å². The molecule has 0 atom stereocenters. The summed E-state index contributed by atoms with van der Waals surface area (Å²) in [6.45, 7) is 11.5. The number of carbonyl (C=O) groups excluding carboxylic acids is 1. The summed E-state index contributed by atoms with van der Waals surface area (Å²) in [5.41, 5.74) is 1.81. The number of ether oxygens (including phenoxy) is 1. The molecular weight excluding hydrogens is 296 g/mol. The second-order valence-electron chi connectivity index (χ2n) is 6.31. The van der Waals surface area contributed by atoms with E-state index < -0.39 is 0 Å². The van der Waals surface area contributed by atoms with Crippen LogP contribution in [0.25, 0.3) is 0 Å². The number of hydrogen-bond donors (Lipinski definition) is 0. The van der Waals surface area contributed by atoms with Gasteiger partial charge in [0.2, 0.25) is 5.88 Å². The van der Waals surface area contributed by atoms with Crippen molar-refractivity contribution in [2.45, 2.75) is 56.9 Å². The average Bonchev–Trinajstić information content (AvgIpc) is 2.69. The molecule has 0 unspecified atom stereocenters. The van der Waals surface area contributed by atoms with Crippen molar-refractivity contribution in [1.29, 1.82) is 0 Å². The van der Waals surface area contributed by atoms with Crippen LogP contribution in [0.5, 0.6) is 5.88 Å². The summed E-state index contributed by atoms with van der Waals surface area (Å²) in [5.74, 6) is 0.180. The highest BCUT2D eigenvalue weighted by Gasteiger charge is 2.26. The Hall–Kier alpha value is -1.75. The zero-order valence-corrected chi connectivity index (χ0v) is 14.7. The lowest BCUT2D eigenvalue weighted by atomic mass is 10.1. The molecule has 0 aliphatic carbocycles. The molecule has 0 saturated heterocycles. The predicted molar refractivity (Wildman–Crippen MR) is 88.6 cm³/mol.